The highest BCUT2D eigenvalue weighted by Gasteiger charge is 2.12. The molecule has 1 aromatic carbocycles. The minimum absolute atomic E-state index is 0.262. The lowest BCUT2D eigenvalue weighted by molar-refractivity contribution is -0.0725. The second-order valence-corrected chi connectivity index (χ2v) is 3.55. The summed E-state index contributed by atoms with van der Waals surface area (Å²) in [6.45, 7) is 2.16. The van der Waals surface area contributed by atoms with Gasteiger partial charge in [-0.15, -0.1) is 0 Å². The summed E-state index contributed by atoms with van der Waals surface area (Å²) in [6.07, 6.45) is 0. The van der Waals surface area contributed by atoms with Gasteiger partial charge >= 0.3 is 0 Å². The van der Waals surface area contributed by atoms with Crippen molar-refractivity contribution in [2.24, 2.45) is 0 Å². The van der Waals surface area contributed by atoms with Crippen molar-refractivity contribution >= 4 is 0 Å². The number of rotatable bonds is 7. The monoisotopic (exact) mass is 240 g/mol. The van der Waals surface area contributed by atoms with Gasteiger partial charge in [-0.1, -0.05) is 6.07 Å². The molecule has 2 rings (SSSR count). The highest BCUT2D eigenvalue weighted by atomic mass is 16.7. The van der Waals surface area contributed by atoms with Crippen LogP contribution in [0.4, 0.5) is 0 Å². The molecule has 0 saturated carbocycles. The molecule has 17 heavy (non-hydrogen) atoms. The molecule has 0 fully saturated rings. The van der Waals surface area contributed by atoms with Crippen molar-refractivity contribution in [3.8, 4) is 11.5 Å². The molecule has 0 spiro atoms. The maximum absolute atomic E-state index is 5.35. The van der Waals surface area contributed by atoms with Crippen molar-refractivity contribution in [1.82, 2.24) is 0 Å². The summed E-state index contributed by atoms with van der Waals surface area (Å²) in [6, 6.07) is 5.74. The molecular weight excluding hydrogens is 224 g/mol. The average molecular weight is 240 g/mol. The Morgan fingerprint density at radius 1 is 1.12 bits per heavy atom. The summed E-state index contributed by atoms with van der Waals surface area (Å²) in [5.74, 6) is 1.55. The van der Waals surface area contributed by atoms with E-state index < -0.39 is 0 Å². The Labute approximate surface area is 100 Å². The van der Waals surface area contributed by atoms with Crippen molar-refractivity contribution in [3.05, 3.63) is 23.8 Å². The van der Waals surface area contributed by atoms with Crippen LogP contribution in [-0.4, -0.2) is 33.9 Å². The summed E-state index contributed by atoms with van der Waals surface area (Å²) in [4.78, 5) is 0. The zero-order valence-corrected chi connectivity index (χ0v) is 9.81. The van der Waals surface area contributed by atoms with Crippen LogP contribution in [-0.2, 0) is 20.8 Å². The Balaban J connectivity index is 1.69. The summed E-state index contributed by atoms with van der Waals surface area (Å²) in [7, 11) is 1.64. The van der Waals surface area contributed by atoms with Gasteiger partial charge < -0.3 is 23.7 Å². The van der Waals surface area contributed by atoms with E-state index in [9.17, 15) is 0 Å². The number of hydrogen-bond acceptors (Lipinski definition) is 5. The van der Waals surface area contributed by atoms with E-state index in [-0.39, 0.29) is 6.79 Å². The lowest BCUT2D eigenvalue weighted by atomic mass is 10.2. The molecule has 5 heteroatoms. The Morgan fingerprint density at radius 3 is 2.88 bits per heavy atom. The molecule has 0 atom stereocenters. The largest absolute Gasteiger partial charge is 0.454 e. The molecule has 0 radical (unpaired) electrons. The van der Waals surface area contributed by atoms with E-state index >= 15 is 0 Å². The maximum Gasteiger partial charge on any atom is 0.231 e. The number of hydrogen-bond donors (Lipinski definition) is 0. The van der Waals surface area contributed by atoms with Gasteiger partial charge in [0.1, 0.15) is 6.79 Å². The summed E-state index contributed by atoms with van der Waals surface area (Å²) >= 11 is 0. The molecule has 0 saturated heterocycles. The predicted octanol–water partition coefficient (Wildman–Crippen LogP) is 1.55. The van der Waals surface area contributed by atoms with Gasteiger partial charge in [0.2, 0.25) is 6.79 Å². The zero-order chi connectivity index (χ0) is 11.9. The lowest BCUT2D eigenvalue weighted by Crippen LogP contribution is -2.05. The van der Waals surface area contributed by atoms with Crippen LogP contribution >= 0.6 is 0 Å². The third-order valence-electron chi connectivity index (χ3n) is 2.30. The van der Waals surface area contributed by atoms with Gasteiger partial charge in [0, 0.05) is 7.11 Å². The van der Waals surface area contributed by atoms with Crippen molar-refractivity contribution in [3.63, 3.8) is 0 Å². The molecule has 94 valence electrons. The van der Waals surface area contributed by atoms with Gasteiger partial charge in [0.15, 0.2) is 11.5 Å². The van der Waals surface area contributed by atoms with E-state index in [0.717, 1.165) is 17.1 Å². The smallest absolute Gasteiger partial charge is 0.231 e. The van der Waals surface area contributed by atoms with Crippen LogP contribution in [0.15, 0.2) is 18.2 Å². The Bertz CT molecular complexity index is 353. The molecule has 1 aliphatic rings. The van der Waals surface area contributed by atoms with Crippen LogP contribution in [0.1, 0.15) is 5.56 Å². The van der Waals surface area contributed by atoms with Crippen molar-refractivity contribution in [2.45, 2.75) is 6.61 Å². The average Bonchev–Trinajstić information content (AvgIpc) is 2.81. The van der Waals surface area contributed by atoms with Crippen molar-refractivity contribution in [1.29, 1.82) is 0 Å². The van der Waals surface area contributed by atoms with E-state index in [1.54, 1.807) is 7.11 Å². The topological polar surface area (TPSA) is 46.2 Å². The molecule has 1 aliphatic heterocycles. The van der Waals surface area contributed by atoms with E-state index in [0.29, 0.717) is 26.6 Å². The standard InChI is InChI=1S/C12H16O5/c1-13-4-5-14-8-15-7-10-2-3-11-12(6-10)17-9-16-11/h2-3,6H,4-5,7-9H2,1H3. The molecule has 0 aliphatic carbocycles. The second-order valence-electron chi connectivity index (χ2n) is 3.55. The predicted molar refractivity (Wildman–Crippen MR) is 60.0 cm³/mol. The van der Waals surface area contributed by atoms with Gasteiger partial charge in [-0.05, 0) is 17.7 Å². The first-order valence-electron chi connectivity index (χ1n) is 5.43. The fourth-order valence-corrected chi connectivity index (χ4v) is 1.45. The summed E-state index contributed by atoms with van der Waals surface area (Å²) < 4.78 is 25.9. The molecule has 5 nitrogen and oxygen atoms in total. The first-order chi connectivity index (χ1) is 8.40. The number of benzene rings is 1. The number of fused-ring (bicyclic) bond motifs is 1. The molecular formula is C12H16O5. The third kappa shape index (κ3) is 3.59. The molecule has 0 amide bonds. The Hall–Kier alpha value is -1.30. The van der Waals surface area contributed by atoms with Crippen LogP contribution in [0, 0.1) is 0 Å². The number of ether oxygens (including phenoxy) is 5. The highest BCUT2D eigenvalue weighted by molar-refractivity contribution is 5.44. The zero-order valence-electron chi connectivity index (χ0n) is 9.81. The summed E-state index contributed by atoms with van der Waals surface area (Å²) in [5.41, 5.74) is 1.03. The lowest BCUT2D eigenvalue weighted by Gasteiger charge is -2.06. The van der Waals surface area contributed by atoms with Gasteiger partial charge in [-0.2, -0.15) is 0 Å². The molecule has 0 bridgehead atoms. The van der Waals surface area contributed by atoms with Crippen LogP contribution in [0.25, 0.3) is 0 Å². The molecule has 0 N–H and O–H groups in total. The molecule has 1 aromatic rings. The van der Waals surface area contributed by atoms with E-state index in [1.165, 1.54) is 0 Å². The van der Waals surface area contributed by atoms with Gasteiger partial charge in [-0.3, -0.25) is 0 Å². The van der Waals surface area contributed by atoms with Crippen LogP contribution in [0.2, 0.25) is 0 Å². The first kappa shape index (κ1) is 12.2. The molecule has 1 heterocycles. The van der Waals surface area contributed by atoms with Gasteiger partial charge in [0.25, 0.3) is 0 Å². The highest BCUT2D eigenvalue weighted by Crippen LogP contribution is 2.32. The van der Waals surface area contributed by atoms with Crippen LogP contribution < -0.4 is 9.47 Å². The fourth-order valence-electron chi connectivity index (χ4n) is 1.45. The molecule has 0 unspecified atom stereocenters. The normalized spacial score (nSPS) is 13.0. The Kier molecular flexibility index (Phi) is 4.61. The van der Waals surface area contributed by atoms with Crippen LogP contribution in [0.3, 0.4) is 0 Å². The van der Waals surface area contributed by atoms with E-state index in [2.05, 4.69) is 0 Å². The molecule has 0 aromatic heterocycles. The fraction of sp³-hybridized carbons (Fsp3) is 0.500. The van der Waals surface area contributed by atoms with E-state index in [4.69, 9.17) is 23.7 Å². The summed E-state index contributed by atoms with van der Waals surface area (Å²) in [5, 5.41) is 0. The quantitative estimate of drug-likeness (QED) is 0.534. The second kappa shape index (κ2) is 6.44. The Morgan fingerprint density at radius 2 is 2.00 bits per heavy atom. The maximum atomic E-state index is 5.35. The SMILES string of the molecule is COCCOCOCc1ccc2c(c1)OCO2. The van der Waals surface area contributed by atoms with Crippen molar-refractivity contribution < 1.29 is 23.7 Å². The van der Waals surface area contributed by atoms with Crippen LogP contribution in [0.5, 0.6) is 11.5 Å². The van der Waals surface area contributed by atoms with Gasteiger partial charge in [0.05, 0.1) is 19.8 Å². The van der Waals surface area contributed by atoms with Gasteiger partial charge in [-0.25, -0.2) is 0 Å². The van der Waals surface area contributed by atoms with E-state index in [1.807, 2.05) is 18.2 Å². The third-order valence-corrected chi connectivity index (χ3v) is 2.30. The first-order valence-corrected chi connectivity index (χ1v) is 5.43. The minimum Gasteiger partial charge on any atom is -0.454 e. The van der Waals surface area contributed by atoms with Crippen molar-refractivity contribution in [2.75, 3.05) is 33.9 Å². The number of methoxy groups -OCH3 is 1. The minimum atomic E-state index is 0.262.